The summed E-state index contributed by atoms with van der Waals surface area (Å²) in [5.41, 5.74) is 10.4. The molecular weight excluding hydrogens is 400 g/mol. The lowest BCUT2D eigenvalue weighted by atomic mass is 9.65. The Labute approximate surface area is 196 Å². The van der Waals surface area contributed by atoms with Gasteiger partial charge in [-0.25, -0.2) is 0 Å². The first kappa shape index (κ1) is 19.2. The molecule has 162 valence electrons. The predicted molar refractivity (Wildman–Crippen MR) is 134 cm³/mol. The van der Waals surface area contributed by atoms with Gasteiger partial charge in [0, 0.05) is 11.1 Å². The van der Waals surface area contributed by atoms with Crippen LogP contribution < -0.4 is 4.74 Å². The van der Waals surface area contributed by atoms with E-state index >= 15 is 0 Å². The van der Waals surface area contributed by atoms with E-state index in [9.17, 15) is 0 Å². The minimum Gasteiger partial charge on any atom is -0.456 e. The number of rotatable bonds is 1. The van der Waals surface area contributed by atoms with Gasteiger partial charge in [-0.05, 0) is 59.6 Å². The lowest BCUT2D eigenvalue weighted by Crippen LogP contribution is -2.33. The van der Waals surface area contributed by atoms with Gasteiger partial charge in [-0.2, -0.15) is 0 Å². The van der Waals surface area contributed by atoms with Crippen LogP contribution in [0, 0.1) is 6.92 Å². The molecule has 0 radical (unpaired) electrons. The molecule has 0 bridgehead atoms. The Hall–Kier alpha value is -3.32. The van der Waals surface area contributed by atoms with Crippen molar-refractivity contribution in [3.8, 4) is 22.6 Å². The third-order valence-electron chi connectivity index (χ3n) is 8.17. The summed E-state index contributed by atoms with van der Waals surface area (Å²) < 4.78 is 6.83. The summed E-state index contributed by atoms with van der Waals surface area (Å²) in [5, 5.41) is 0. The van der Waals surface area contributed by atoms with Gasteiger partial charge in [0.25, 0.3) is 0 Å². The molecule has 0 amide bonds. The van der Waals surface area contributed by atoms with Crippen LogP contribution in [-0.2, 0) is 5.41 Å². The fourth-order valence-corrected chi connectivity index (χ4v) is 6.85. The first-order valence-corrected chi connectivity index (χ1v) is 12.4. The Morgan fingerprint density at radius 2 is 1.27 bits per heavy atom. The summed E-state index contributed by atoms with van der Waals surface area (Å²) in [6.45, 7) is 2.26. The smallest absolute Gasteiger partial charge is 0.135 e. The molecule has 4 aromatic rings. The van der Waals surface area contributed by atoms with Crippen LogP contribution in [0.25, 0.3) is 11.1 Å². The maximum absolute atomic E-state index is 6.83. The molecule has 33 heavy (non-hydrogen) atoms. The Kier molecular flexibility index (Phi) is 4.12. The van der Waals surface area contributed by atoms with Crippen LogP contribution in [0.4, 0.5) is 0 Å². The second kappa shape index (κ2) is 7.09. The van der Waals surface area contributed by atoms with E-state index in [4.69, 9.17) is 4.74 Å². The van der Waals surface area contributed by atoms with E-state index in [2.05, 4.69) is 91.9 Å². The normalized spacial score (nSPS) is 17.6. The summed E-state index contributed by atoms with van der Waals surface area (Å²) in [7, 11) is 0. The van der Waals surface area contributed by atoms with Crippen LogP contribution in [0.3, 0.4) is 0 Å². The molecule has 1 heterocycles. The number of hydrogen-bond acceptors (Lipinski definition) is 1. The molecule has 0 unspecified atom stereocenters. The highest BCUT2D eigenvalue weighted by atomic mass is 16.5. The molecule has 1 spiro atoms. The number of ether oxygens (including phenoxy) is 1. The van der Waals surface area contributed by atoms with Crippen molar-refractivity contribution in [2.75, 3.05) is 0 Å². The average Bonchev–Trinajstić information content (AvgIpc) is 3.16. The van der Waals surface area contributed by atoms with Crippen LogP contribution in [-0.4, -0.2) is 0 Å². The Bertz CT molecular complexity index is 1340. The second-order valence-corrected chi connectivity index (χ2v) is 10.0. The number of hydrogen-bond donors (Lipinski definition) is 0. The van der Waals surface area contributed by atoms with Crippen molar-refractivity contribution < 1.29 is 4.74 Å². The standard InChI is InChI=1S/C32H28O/c1-21-19-25(22-11-3-2-4-12-22)31-29(20-21)32(28-17-9-10-18-30(28)33-31)26-15-7-5-13-23(26)24-14-6-8-16-27(24)32/h5-10,13-20,22H,2-4,11-12H2,1H3. The molecule has 1 fully saturated rings. The van der Waals surface area contributed by atoms with Crippen molar-refractivity contribution >= 4 is 0 Å². The van der Waals surface area contributed by atoms with Crippen molar-refractivity contribution in [1.29, 1.82) is 0 Å². The molecule has 0 saturated heterocycles. The highest BCUT2D eigenvalue weighted by Gasteiger charge is 2.51. The topological polar surface area (TPSA) is 9.23 Å². The van der Waals surface area contributed by atoms with Crippen molar-refractivity contribution in [3.05, 3.63) is 118 Å². The minimum atomic E-state index is -0.340. The first-order valence-electron chi connectivity index (χ1n) is 12.4. The van der Waals surface area contributed by atoms with Gasteiger partial charge in [0.1, 0.15) is 11.5 Å². The van der Waals surface area contributed by atoms with Crippen LogP contribution in [0.15, 0.2) is 84.9 Å². The molecule has 3 aliphatic rings. The molecule has 4 aromatic carbocycles. The highest BCUT2D eigenvalue weighted by Crippen LogP contribution is 2.63. The fourth-order valence-electron chi connectivity index (χ4n) is 6.85. The van der Waals surface area contributed by atoms with Gasteiger partial charge < -0.3 is 4.74 Å². The molecule has 0 N–H and O–H groups in total. The Morgan fingerprint density at radius 1 is 0.667 bits per heavy atom. The highest BCUT2D eigenvalue weighted by molar-refractivity contribution is 5.88. The zero-order chi connectivity index (χ0) is 22.0. The van der Waals surface area contributed by atoms with E-state index in [1.807, 2.05) is 0 Å². The summed E-state index contributed by atoms with van der Waals surface area (Å²) in [4.78, 5) is 0. The predicted octanol–water partition coefficient (Wildman–Crippen LogP) is 8.51. The van der Waals surface area contributed by atoms with Crippen LogP contribution in [0.1, 0.15) is 71.4 Å². The number of fused-ring (bicyclic) bond motifs is 9. The molecule has 0 aromatic heterocycles. The molecule has 1 aliphatic heterocycles. The number of aryl methyl sites for hydroxylation is 1. The quantitative estimate of drug-likeness (QED) is 0.255. The summed E-state index contributed by atoms with van der Waals surface area (Å²) in [6, 6.07) is 31.5. The summed E-state index contributed by atoms with van der Waals surface area (Å²) >= 11 is 0. The summed E-state index contributed by atoms with van der Waals surface area (Å²) in [6.07, 6.45) is 6.53. The summed E-state index contributed by atoms with van der Waals surface area (Å²) in [5.74, 6) is 2.69. The SMILES string of the molecule is Cc1cc(C2CCCCC2)c2c(c1)C1(c3ccccc3O2)c2ccccc2-c2ccccc21. The van der Waals surface area contributed by atoms with Gasteiger partial charge in [-0.1, -0.05) is 104 Å². The van der Waals surface area contributed by atoms with E-state index in [0.717, 1.165) is 11.5 Å². The molecule has 0 atom stereocenters. The van der Waals surface area contributed by atoms with E-state index in [-0.39, 0.29) is 5.41 Å². The minimum absolute atomic E-state index is 0.340. The molecule has 1 saturated carbocycles. The zero-order valence-corrected chi connectivity index (χ0v) is 19.1. The van der Waals surface area contributed by atoms with Crippen LogP contribution in [0.2, 0.25) is 0 Å². The maximum Gasteiger partial charge on any atom is 0.135 e. The monoisotopic (exact) mass is 428 g/mol. The van der Waals surface area contributed by atoms with Crippen LogP contribution >= 0.6 is 0 Å². The van der Waals surface area contributed by atoms with Crippen molar-refractivity contribution in [2.45, 2.75) is 50.4 Å². The molecule has 1 nitrogen and oxygen atoms in total. The van der Waals surface area contributed by atoms with Gasteiger partial charge in [0.2, 0.25) is 0 Å². The van der Waals surface area contributed by atoms with Gasteiger partial charge in [-0.3, -0.25) is 0 Å². The third-order valence-corrected chi connectivity index (χ3v) is 8.17. The fraction of sp³-hybridized carbons (Fsp3) is 0.250. The zero-order valence-electron chi connectivity index (χ0n) is 19.1. The maximum atomic E-state index is 6.83. The Morgan fingerprint density at radius 3 is 1.97 bits per heavy atom. The van der Waals surface area contributed by atoms with E-state index in [1.165, 1.54) is 76.6 Å². The van der Waals surface area contributed by atoms with Crippen molar-refractivity contribution in [1.82, 2.24) is 0 Å². The largest absolute Gasteiger partial charge is 0.456 e. The third kappa shape index (κ3) is 2.54. The number of para-hydroxylation sites is 1. The van der Waals surface area contributed by atoms with Gasteiger partial charge in [0.15, 0.2) is 0 Å². The first-order chi connectivity index (χ1) is 16.3. The average molecular weight is 429 g/mol. The van der Waals surface area contributed by atoms with E-state index in [1.54, 1.807) is 0 Å². The Balaban J connectivity index is 1.62. The lowest BCUT2D eigenvalue weighted by Gasteiger charge is -2.41. The number of benzene rings is 4. The van der Waals surface area contributed by atoms with E-state index < -0.39 is 0 Å². The van der Waals surface area contributed by atoms with Gasteiger partial charge in [-0.15, -0.1) is 0 Å². The van der Waals surface area contributed by atoms with Crippen molar-refractivity contribution in [3.63, 3.8) is 0 Å². The van der Waals surface area contributed by atoms with Gasteiger partial charge >= 0.3 is 0 Å². The van der Waals surface area contributed by atoms with Crippen LogP contribution in [0.5, 0.6) is 11.5 Å². The van der Waals surface area contributed by atoms with Gasteiger partial charge in [0.05, 0.1) is 5.41 Å². The molecular formula is C32H28O. The lowest BCUT2D eigenvalue weighted by molar-refractivity contribution is 0.399. The molecule has 1 heteroatoms. The second-order valence-electron chi connectivity index (χ2n) is 10.0. The van der Waals surface area contributed by atoms with Crippen molar-refractivity contribution in [2.24, 2.45) is 0 Å². The van der Waals surface area contributed by atoms with E-state index in [0.29, 0.717) is 5.92 Å². The molecule has 2 aliphatic carbocycles. The molecule has 7 rings (SSSR count).